The zero-order chi connectivity index (χ0) is 24.5. The lowest BCUT2D eigenvalue weighted by Gasteiger charge is -2.26. The molecule has 4 rings (SSSR count). The van der Waals surface area contributed by atoms with Crippen LogP contribution in [0.1, 0.15) is 21.5 Å². The van der Waals surface area contributed by atoms with Gasteiger partial charge in [0.2, 0.25) is 10.0 Å². The molecule has 2 aromatic carbocycles. The number of benzene rings is 2. The van der Waals surface area contributed by atoms with E-state index in [1.807, 2.05) is 26.0 Å². The van der Waals surface area contributed by atoms with Gasteiger partial charge in [0, 0.05) is 18.7 Å². The summed E-state index contributed by atoms with van der Waals surface area (Å²) in [5.74, 6) is -0.986. The van der Waals surface area contributed by atoms with E-state index in [1.54, 1.807) is 4.57 Å². The number of aromatic nitrogens is 1. The number of thiazole rings is 1. The van der Waals surface area contributed by atoms with E-state index in [1.165, 1.54) is 47.0 Å². The third kappa shape index (κ3) is 4.83. The highest BCUT2D eigenvalue weighted by Crippen LogP contribution is 2.24. The lowest BCUT2D eigenvalue weighted by Crippen LogP contribution is -2.40. The van der Waals surface area contributed by atoms with Crippen molar-refractivity contribution in [3.63, 3.8) is 0 Å². The first-order valence-corrected chi connectivity index (χ1v) is 12.9. The highest BCUT2D eigenvalue weighted by Gasteiger charge is 2.26. The maximum Gasteiger partial charge on any atom is 0.325 e. The molecule has 1 aliphatic heterocycles. The summed E-state index contributed by atoms with van der Waals surface area (Å²) in [6, 6.07) is 9.69. The van der Waals surface area contributed by atoms with E-state index in [0.717, 1.165) is 21.3 Å². The molecule has 11 heteroatoms. The number of sulfonamides is 1. The molecule has 1 saturated heterocycles. The summed E-state index contributed by atoms with van der Waals surface area (Å²) in [7, 11) is -2.35. The van der Waals surface area contributed by atoms with E-state index in [-0.39, 0.29) is 17.0 Å². The molecule has 34 heavy (non-hydrogen) atoms. The van der Waals surface area contributed by atoms with Gasteiger partial charge in [-0.15, -0.1) is 0 Å². The van der Waals surface area contributed by atoms with Gasteiger partial charge in [0.25, 0.3) is 5.91 Å². The summed E-state index contributed by atoms with van der Waals surface area (Å²) in [5, 5.41) is 0. The van der Waals surface area contributed by atoms with Crippen LogP contribution in [0.3, 0.4) is 0 Å². The molecule has 180 valence electrons. The van der Waals surface area contributed by atoms with E-state index in [0.29, 0.717) is 31.1 Å². The molecule has 1 aromatic heterocycles. The topological polar surface area (TPSA) is 107 Å². The number of nitrogens with zero attached hydrogens (tertiary/aromatic N) is 3. The van der Waals surface area contributed by atoms with Crippen molar-refractivity contribution < 1.29 is 27.5 Å². The van der Waals surface area contributed by atoms with Crippen molar-refractivity contribution >= 4 is 43.5 Å². The van der Waals surface area contributed by atoms with Crippen LogP contribution in [0.5, 0.6) is 0 Å². The Morgan fingerprint density at radius 3 is 2.44 bits per heavy atom. The number of carbonyl (C=O) groups excluding carboxylic acids is 2. The SMILES string of the molecule is COC(=O)Cn1c(=NC(=O)c2ccc(S(=O)(=O)N3CCOCC3)cc2)sc2c(C)cc(C)cc21. The van der Waals surface area contributed by atoms with Crippen molar-refractivity contribution in [1.29, 1.82) is 0 Å². The van der Waals surface area contributed by atoms with Gasteiger partial charge in [-0.05, 0) is 55.3 Å². The fourth-order valence-electron chi connectivity index (χ4n) is 3.80. The molecular weight excluding hydrogens is 478 g/mol. The van der Waals surface area contributed by atoms with Gasteiger partial charge in [-0.2, -0.15) is 9.30 Å². The Morgan fingerprint density at radius 1 is 1.12 bits per heavy atom. The molecule has 3 aromatic rings. The molecule has 0 bridgehead atoms. The smallest absolute Gasteiger partial charge is 0.325 e. The lowest BCUT2D eigenvalue weighted by atomic mass is 10.1. The van der Waals surface area contributed by atoms with Gasteiger partial charge in [0.05, 0.1) is 35.4 Å². The maximum absolute atomic E-state index is 12.9. The van der Waals surface area contributed by atoms with Crippen molar-refractivity contribution in [2.75, 3.05) is 33.4 Å². The number of methoxy groups -OCH3 is 1. The molecule has 0 N–H and O–H groups in total. The van der Waals surface area contributed by atoms with Crippen molar-refractivity contribution in [2.45, 2.75) is 25.3 Å². The fraction of sp³-hybridized carbons (Fsp3) is 0.348. The number of ether oxygens (including phenoxy) is 2. The highest BCUT2D eigenvalue weighted by atomic mass is 32.2. The van der Waals surface area contributed by atoms with E-state index < -0.39 is 21.9 Å². The van der Waals surface area contributed by atoms with E-state index in [4.69, 9.17) is 9.47 Å². The predicted octanol–water partition coefficient (Wildman–Crippen LogP) is 2.25. The number of hydrogen-bond acceptors (Lipinski definition) is 7. The van der Waals surface area contributed by atoms with Gasteiger partial charge in [0.1, 0.15) is 6.54 Å². The zero-order valence-electron chi connectivity index (χ0n) is 19.1. The van der Waals surface area contributed by atoms with Crippen LogP contribution in [-0.4, -0.2) is 62.6 Å². The molecule has 0 unspecified atom stereocenters. The van der Waals surface area contributed by atoms with Crippen molar-refractivity contribution in [3.8, 4) is 0 Å². The largest absolute Gasteiger partial charge is 0.468 e. The van der Waals surface area contributed by atoms with Crippen molar-refractivity contribution in [3.05, 3.63) is 57.9 Å². The van der Waals surface area contributed by atoms with Crippen LogP contribution in [0, 0.1) is 13.8 Å². The van der Waals surface area contributed by atoms with Gasteiger partial charge >= 0.3 is 5.97 Å². The lowest BCUT2D eigenvalue weighted by molar-refractivity contribution is -0.141. The first-order valence-electron chi connectivity index (χ1n) is 10.6. The molecule has 1 aliphatic rings. The minimum absolute atomic E-state index is 0.0811. The Labute approximate surface area is 201 Å². The van der Waals surface area contributed by atoms with Crippen LogP contribution in [0.4, 0.5) is 0 Å². The molecule has 0 atom stereocenters. The molecule has 0 saturated carbocycles. The van der Waals surface area contributed by atoms with Crippen molar-refractivity contribution in [1.82, 2.24) is 8.87 Å². The average molecular weight is 504 g/mol. The van der Waals surface area contributed by atoms with Gasteiger partial charge in [-0.25, -0.2) is 8.42 Å². The van der Waals surface area contributed by atoms with Gasteiger partial charge in [-0.3, -0.25) is 9.59 Å². The molecule has 1 fully saturated rings. The minimum Gasteiger partial charge on any atom is -0.468 e. The van der Waals surface area contributed by atoms with Crippen LogP contribution in [0.25, 0.3) is 10.2 Å². The second kappa shape index (κ2) is 9.79. The molecule has 0 radical (unpaired) electrons. The Balaban J connectivity index is 1.70. The summed E-state index contributed by atoms with van der Waals surface area (Å²) >= 11 is 1.31. The number of esters is 1. The first-order chi connectivity index (χ1) is 16.2. The standard InChI is InChI=1S/C23H25N3O6S2/c1-15-12-16(2)21-19(13-15)26(14-20(27)31-3)23(33-21)24-22(28)17-4-6-18(7-5-17)34(29,30)25-8-10-32-11-9-25/h4-7,12-13H,8-11,14H2,1-3H3. The quantitative estimate of drug-likeness (QED) is 0.495. The number of morpholine rings is 1. The summed E-state index contributed by atoms with van der Waals surface area (Å²) < 4.78 is 39.6. The Hall–Kier alpha value is -2.86. The number of fused-ring (bicyclic) bond motifs is 1. The summed E-state index contributed by atoms with van der Waals surface area (Å²) in [6.45, 7) is 5.15. The second-order valence-corrected chi connectivity index (χ2v) is 10.9. The molecular formula is C23H25N3O6S2. The number of rotatable bonds is 5. The van der Waals surface area contributed by atoms with Crippen molar-refractivity contribution in [2.24, 2.45) is 4.99 Å². The Morgan fingerprint density at radius 2 is 1.79 bits per heavy atom. The highest BCUT2D eigenvalue weighted by molar-refractivity contribution is 7.89. The maximum atomic E-state index is 12.9. The van der Waals surface area contributed by atoms with Gasteiger partial charge in [0.15, 0.2) is 4.80 Å². The Bertz CT molecular complexity index is 1420. The van der Waals surface area contributed by atoms with Crippen LogP contribution >= 0.6 is 11.3 Å². The molecule has 2 heterocycles. The normalized spacial score (nSPS) is 15.6. The third-order valence-corrected chi connectivity index (χ3v) is 8.68. The number of amides is 1. The van der Waals surface area contributed by atoms with E-state index >= 15 is 0 Å². The van der Waals surface area contributed by atoms with Crippen LogP contribution in [0.15, 0.2) is 46.3 Å². The average Bonchev–Trinajstić information content (AvgIpc) is 3.16. The number of carbonyl (C=O) groups is 2. The third-order valence-electron chi connectivity index (χ3n) is 5.54. The monoisotopic (exact) mass is 503 g/mol. The fourth-order valence-corrected chi connectivity index (χ4v) is 6.29. The summed E-state index contributed by atoms with van der Waals surface area (Å²) in [4.78, 5) is 29.7. The molecule has 0 aliphatic carbocycles. The van der Waals surface area contributed by atoms with E-state index in [2.05, 4.69) is 4.99 Å². The minimum atomic E-state index is -3.65. The molecule has 0 spiro atoms. The molecule has 9 nitrogen and oxygen atoms in total. The summed E-state index contributed by atoms with van der Waals surface area (Å²) in [6.07, 6.45) is 0. The van der Waals surface area contributed by atoms with Gasteiger partial charge in [-0.1, -0.05) is 17.4 Å². The van der Waals surface area contributed by atoms with Crippen LogP contribution in [-0.2, 0) is 30.8 Å². The predicted molar refractivity (Wildman–Crippen MR) is 127 cm³/mol. The second-order valence-electron chi connectivity index (χ2n) is 7.93. The molecule has 1 amide bonds. The van der Waals surface area contributed by atoms with Crippen LogP contribution < -0.4 is 4.80 Å². The summed E-state index contributed by atoms with van der Waals surface area (Å²) in [5.41, 5.74) is 3.09. The van der Waals surface area contributed by atoms with E-state index in [9.17, 15) is 18.0 Å². The number of aryl methyl sites for hydroxylation is 2. The zero-order valence-corrected chi connectivity index (χ0v) is 20.7. The van der Waals surface area contributed by atoms with Crippen LogP contribution in [0.2, 0.25) is 0 Å². The first kappa shape index (κ1) is 24.3. The van der Waals surface area contributed by atoms with Gasteiger partial charge < -0.3 is 14.0 Å². The number of hydrogen-bond donors (Lipinski definition) is 0. The Kier molecular flexibility index (Phi) is 6.99.